The van der Waals surface area contributed by atoms with Crippen molar-refractivity contribution >= 4 is 17.9 Å². The Morgan fingerprint density at radius 2 is 2.12 bits per heavy atom. The molecule has 1 aromatic carbocycles. The van der Waals surface area contributed by atoms with Crippen LogP contribution in [0.25, 0.3) is 6.08 Å². The molecule has 1 amide bonds. The summed E-state index contributed by atoms with van der Waals surface area (Å²) in [5.74, 6) is 0. The molecule has 0 bridgehead atoms. The molecule has 1 aliphatic rings. The van der Waals surface area contributed by atoms with E-state index in [9.17, 15) is 14.9 Å². The fourth-order valence-electron chi connectivity index (χ4n) is 2.72. The van der Waals surface area contributed by atoms with Crippen molar-refractivity contribution in [3.8, 4) is 0 Å². The predicted octanol–water partition coefficient (Wildman–Crippen LogP) is 4.02. The average molecular weight is 362 g/mol. The largest absolute Gasteiger partial charge is 0.444 e. The van der Waals surface area contributed by atoms with Crippen LogP contribution < -0.4 is 0 Å². The molecular weight excluding hydrogens is 336 g/mol. The van der Waals surface area contributed by atoms with Gasteiger partial charge in [0.05, 0.1) is 35.8 Å². The molecule has 142 valence electrons. The number of rotatable bonds is 4. The molecule has 26 heavy (non-hydrogen) atoms. The second-order valence-electron chi connectivity index (χ2n) is 7.24. The molecule has 2 atom stereocenters. The first kappa shape index (κ1) is 19.9. The number of para-hydroxylation sites is 1. The number of hydrogen-bond acceptors (Lipinski definition) is 5. The fourth-order valence-corrected chi connectivity index (χ4v) is 2.72. The van der Waals surface area contributed by atoms with Gasteiger partial charge in [0.2, 0.25) is 0 Å². The van der Waals surface area contributed by atoms with Crippen molar-refractivity contribution in [2.24, 2.45) is 0 Å². The van der Waals surface area contributed by atoms with Crippen LogP contribution in [-0.2, 0) is 9.47 Å². The average Bonchev–Trinajstić information content (AvgIpc) is 2.58. The Kier molecular flexibility index (Phi) is 6.37. The number of hydrogen-bond donors (Lipinski definition) is 0. The van der Waals surface area contributed by atoms with E-state index in [-0.39, 0.29) is 23.9 Å². The number of ether oxygens (including phenoxy) is 2. The Balaban J connectivity index is 2.12. The Hall–Kier alpha value is -2.41. The standard InChI is InChI=1S/C19H26N2O5/c1-5-15-13-25-16(12-20(15)18(22)26-19(2,3)4)11-10-14-8-6-7-9-17(14)21(23)24/h6-11,15-16H,5,12-13H2,1-4H3/b11-10-/t15-,16-/m1/s1. The Labute approximate surface area is 153 Å². The molecule has 0 aliphatic carbocycles. The van der Waals surface area contributed by atoms with Gasteiger partial charge in [-0.15, -0.1) is 0 Å². The van der Waals surface area contributed by atoms with Gasteiger partial charge in [-0.3, -0.25) is 15.0 Å². The van der Waals surface area contributed by atoms with Crippen molar-refractivity contribution in [2.75, 3.05) is 13.2 Å². The first-order chi connectivity index (χ1) is 12.2. The third-order valence-electron chi connectivity index (χ3n) is 4.04. The molecule has 1 saturated heterocycles. The second-order valence-corrected chi connectivity index (χ2v) is 7.24. The van der Waals surface area contributed by atoms with Crippen molar-refractivity contribution in [3.63, 3.8) is 0 Å². The molecule has 0 radical (unpaired) electrons. The van der Waals surface area contributed by atoms with E-state index in [1.165, 1.54) is 6.07 Å². The van der Waals surface area contributed by atoms with Crippen LogP contribution in [-0.4, -0.2) is 46.8 Å². The van der Waals surface area contributed by atoms with Gasteiger partial charge < -0.3 is 9.47 Å². The summed E-state index contributed by atoms with van der Waals surface area (Å²) in [5.41, 5.74) is -0.0264. The Bertz CT molecular complexity index is 681. The van der Waals surface area contributed by atoms with E-state index in [0.29, 0.717) is 18.7 Å². The first-order valence-electron chi connectivity index (χ1n) is 8.74. The highest BCUT2D eigenvalue weighted by Gasteiger charge is 2.33. The number of nitro benzene ring substituents is 1. The summed E-state index contributed by atoms with van der Waals surface area (Å²) >= 11 is 0. The number of morpholine rings is 1. The van der Waals surface area contributed by atoms with Crippen LogP contribution in [0, 0.1) is 10.1 Å². The Morgan fingerprint density at radius 1 is 1.42 bits per heavy atom. The van der Waals surface area contributed by atoms with E-state index in [0.717, 1.165) is 6.42 Å². The first-order valence-corrected chi connectivity index (χ1v) is 8.74. The summed E-state index contributed by atoms with van der Waals surface area (Å²) in [6, 6.07) is 6.47. The normalized spacial score (nSPS) is 21.0. The number of nitrogens with zero attached hydrogens (tertiary/aromatic N) is 2. The minimum atomic E-state index is -0.566. The van der Waals surface area contributed by atoms with Crippen molar-refractivity contribution in [2.45, 2.75) is 51.9 Å². The highest BCUT2D eigenvalue weighted by Crippen LogP contribution is 2.22. The summed E-state index contributed by atoms with van der Waals surface area (Å²) < 4.78 is 11.3. The number of carbonyl (C=O) groups excluding carboxylic acids is 1. The van der Waals surface area contributed by atoms with Crippen LogP contribution in [0.1, 0.15) is 39.7 Å². The highest BCUT2D eigenvalue weighted by atomic mass is 16.6. The number of carbonyl (C=O) groups is 1. The van der Waals surface area contributed by atoms with E-state index in [1.807, 2.05) is 27.7 Å². The van der Waals surface area contributed by atoms with E-state index in [4.69, 9.17) is 9.47 Å². The van der Waals surface area contributed by atoms with Crippen molar-refractivity contribution in [1.82, 2.24) is 4.90 Å². The SMILES string of the molecule is CC[C@@H]1CO[C@H](/C=C\c2ccccc2[N+](=O)[O-])CN1C(=O)OC(C)(C)C. The van der Waals surface area contributed by atoms with E-state index in [2.05, 4.69) is 0 Å². The van der Waals surface area contributed by atoms with Gasteiger partial charge in [-0.1, -0.05) is 25.1 Å². The van der Waals surface area contributed by atoms with Crippen LogP contribution in [0.15, 0.2) is 30.3 Å². The van der Waals surface area contributed by atoms with Crippen molar-refractivity contribution < 1.29 is 19.2 Å². The number of nitro groups is 1. The molecule has 7 heteroatoms. The lowest BCUT2D eigenvalue weighted by atomic mass is 10.1. The van der Waals surface area contributed by atoms with E-state index >= 15 is 0 Å². The maximum absolute atomic E-state index is 12.5. The fraction of sp³-hybridized carbons (Fsp3) is 0.526. The molecule has 0 spiro atoms. The predicted molar refractivity (Wildman–Crippen MR) is 98.9 cm³/mol. The summed E-state index contributed by atoms with van der Waals surface area (Å²) in [5, 5.41) is 11.1. The maximum Gasteiger partial charge on any atom is 0.410 e. The summed E-state index contributed by atoms with van der Waals surface area (Å²) in [6.07, 6.45) is 3.48. The molecule has 2 rings (SSSR count). The minimum Gasteiger partial charge on any atom is -0.444 e. The monoisotopic (exact) mass is 362 g/mol. The molecule has 1 aliphatic heterocycles. The summed E-state index contributed by atoms with van der Waals surface area (Å²) in [7, 11) is 0. The lowest BCUT2D eigenvalue weighted by Crippen LogP contribution is -2.52. The molecule has 7 nitrogen and oxygen atoms in total. The molecule has 1 fully saturated rings. The zero-order valence-corrected chi connectivity index (χ0v) is 15.7. The van der Waals surface area contributed by atoms with Gasteiger partial charge in [0.15, 0.2) is 0 Å². The summed E-state index contributed by atoms with van der Waals surface area (Å²) in [6.45, 7) is 8.25. The van der Waals surface area contributed by atoms with Crippen LogP contribution in [0.4, 0.5) is 10.5 Å². The lowest BCUT2D eigenvalue weighted by molar-refractivity contribution is -0.385. The molecule has 0 unspecified atom stereocenters. The molecule has 0 saturated carbocycles. The van der Waals surface area contributed by atoms with E-state index in [1.54, 1.807) is 35.3 Å². The van der Waals surface area contributed by atoms with Crippen molar-refractivity contribution in [1.29, 1.82) is 0 Å². The van der Waals surface area contributed by atoms with Crippen LogP contribution >= 0.6 is 0 Å². The molecular formula is C19H26N2O5. The third kappa shape index (κ3) is 5.29. The van der Waals surface area contributed by atoms with Gasteiger partial charge in [-0.05, 0) is 39.3 Å². The second kappa shape index (κ2) is 8.31. The van der Waals surface area contributed by atoms with Gasteiger partial charge in [0.25, 0.3) is 5.69 Å². The highest BCUT2D eigenvalue weighted by molar-refractivity contribution is 5.69. The van der Waals surface area contributed by atoms with E-state index < -0.39 is 10.5 Å². The maximum atomic E-state index is 12.5. The quantitative estimate of drug-likeness (QED) is 0.597. The zero-order valence-electron chi connectivity index (χ0n) is 15.7. The van der Waals surface area contributed by atoms with Gasteiger partial charge >= 0.3 is 6.09 Å². The topological polar surface area (TPSA) is 81.9 Å². The van der Waals surface area contributed by atoms with Gasteiger partial charge in [0.1, 0.15) is 5.60 Å². The van der Waals surface area contributed by atoms with Gasteiger partial charge in [0, 0.05) is 6.07 Å². The minimum absolute atomic E-state index is 0.0370. The van der Waals surface area contributed by atoms with Gasteiger partial charge in [-0.25, -0.2) is 4.79 Å². The summed E-state index contributed by atoms with van der Waals surface area (Å²) in [4.78, 5) is 24.8. The molecule has 1 aromatic rings. The number of benzene rings is 1. The molecule has 1 heterocycles. The smallest absolute Gasteiger partial charge is 0.410 e. The van der Waals surface area contributed by atoms with Crippen LogP contribution in [0.2, 0.25) is 0 Å². The Morgan fingerprint density at radius 3 is 2.73 bits per heavy atom. The van der Waals surface area contributed by atoms with Crippen molar-refractivity contribution in [3.05, 3.63) is 46.0 Å². The van der Waals surface area contributed by atoms with Gasteiger partial charge in [-0.2, -0.15) is 0 Å². The lowest BCUT2D eigenvalue weighted by Gasteiger charge is -2.39. The molecule has 0 N–H and O–H groups in total. The van der Waals surface area contributed by atoms with Crippen LogP contribution in [0.5, 0.6) is 0 Å². The molecule has 0 aromatic heterocycles. The van der Waals surface area contributed by atoms with Crippen LogP contribution in [0.3, 0.4) is 0 Å². The number of amides is 1. The zero-order chi connectivity index (χ0) is 19.3. The third-order valence-corrected chi connectivity index (χ3v) is 4.04.